The summed E-state index contributed by atoms with van der Waals surface area (Å²) < 4.78 is 16.2. The number of nitrogens with zero attached hydrogens (tertiary/aromatic N) is 4. The van der Waals surface area contributed by atoms with Crippen molar-refractivity contribution in [3.8, 4) is 0 Å². The lowest BCUT2D eigenvalue weighted by molar-refractivity contribution is -0.137. The van der Waals surface area contributed by atoms with Crippen LogP contribution in [0, 0.1) is 13.8 Å². The second-order valence-corrected chi connectivity index (χ2v) is 8.75. The maximum absolute atomic E-state index is 14.2. The first-order valence-electron chi connectivity index (χ1n) is 9.67. The van der Waals surface area contributed by atoms with Gasteiger partial charge in [0.05, 0.1) is 16.8 Å². The molecule has 0 aliphatic carbocycles. The molecule has 1 aliphatic rings. The Morgan fingerprint density at radius 3 is 2.81 bits per heavy atom. The Labute approximate surface area is 181 Å². The van der Waals surface area contributed by atoms with E-state index >= 15 is 0 Å². The zero-order chi connectivity index (χ0) is 22.3. The molecule has 0 radical (unpaired) electrons. The zero-order valence-electron chi connectivity index (χ0n) is 17.0. The number of rotatable bonds is 5. The first-order valence-corrected chi connectivity index (χ1v) is 10.5. The summed E-state index contributed by atoms with van der Waals surface area (Å²) >= 11 is 1.36. The van der Waals surface area contributed by atoms with Gasteiger partial charge in [0, 0.05) is 17.0 Å². The lowest BCUT2D eigenvalue weighted by Crippen LogP contribution is -2.44. The van der Waals surface area contributed by atoms with Crippen LogP contribution in [0.15, 0.2) is 24.3 Å². The average molecular weight is 444 g/mol. The Balaban J connectivity index is 1.55. The third-order valence-electron chi connectivity index (χ3n) is 5.08. The maximum Gasteiger partial charge on any atom is 0.270 e. The number of hydrogen-bond donors (Lipinski definition) is 2. The van der Waals surface area contributed by atoms with Crippen molar-refractivity contribution in [2.45, 2.75) is 39.0 Å². The maximum atomic E-state index is 14.2. The Morgan fingerprint density at radius 1 is 1.32 bits per heavy atom. The second-order valence-electron chi connectivity index (χ2n) is 7.49. The molecule has 3 aromatic rings. The number of thiophene rings is 1. The van der Waals surface area contributed by atoms with Crippen LogP contribution in [0.5, 0.6) is 0 Å². The van der Waals surface area contributed by atoms with E-state index in [2.05, 4.69) is 15.4 Å². The Morgan fingerprint density at radius 2 is 2.10 bits per heavy atom. The summed E-state index contributed by atoms with van der Waals surface area (Å²) in [5, 5.41) is 6.82. The van der Waals surface area contributed by atoms with Gasteiger partial charge < -0.3 is 16.0 Å². The summed E-state index contributed by atoms with van der Waals surface area (Å²) in [5.74, 6) is -1.32. The number of likely N-dealkylation sites (tertiary alicyclic amines) is 1. The van der Waals surface area contributed by atoms with Crippen molar-refractivity contribution in [2.75, 3.05) is 11.9 Å². The van der Waals surface area contributed by atoms with Crippen molar-refractivity contribution < 1.29 is 18.8 Å². The number of alkyl halides is 1. The van der Waals surface area contributed by atoms with Crippen LogP contribution in [0.3, 0.4) is 0 Å². The van der Waals surface area contributed by atoms with Gasteiger partial charge in [0.2, 0.25) is 11.8 Å². The summed E-state index contributed by atoms with van der Waals surface area (Å²) in [6.45, 7) is 3.23. The largest absolute Gasteiger partial charge is 0.364 e. The number of primary amides is 1. The Hall–Kier alpha value is -3.34. The van der Waals surface area contributed by atoms with Crippen molar-refractivity contribution in [3.05, 3.63) is 40.5 Å². The van der Waals surface area contributed by atoms with Gasteiger partial charge in [0.1, 0.15) is 24.6 Å². The van der Waals surface area contributed by atoms with Crippen LogP contribution in [0.2, 0.25) is 0 Å². The van der Waals surface area contributed by atoms with E-state index in [0.717, 1.165) is 10.6 Å². The lowest BCUT2D eigenvalue weighted by Gasteiger charge is -2.23. The van der Waals surface area contributed by atoms with E-state index in [-0.39, 0.29) is 25.2 Å². The minimum absolute atomic E-state index is 0.0884. The quantitative estimate of drug-likeness (QED) is 0.621. The SMILES string of the molecule is Cc1cccc(NC(=O)[C@@H]2C[C@@H](F)CN2C(=O)Cn2nc(C(N)=O)c3sc(C)cc32)n1. The molecule has 0 bridgehead atoms. The normalized spacial score (nSPS) is 18.5. The first kappa shape index (κ1) is 20.9. The van der Waals surface area contributed by atoms with E-state index in [0.29, 0.717) is 16.0 Å². The summed E-state index contributed by atoms with van der Waals surface area (Å²) in [7, 11) is 0. The van der Waals surface area contributed by atoms with Gasteiger partial charge in [0.25, 0.3) is 5.91 Å². The minimum Gasteiger partial charge on any atom is -0.364 e. The topological polar surface area (TPSA) is 123 Å². The van der Waals surface area contributed by atoms with Crippen LogP contribution >= 0.6 is 11.3 Å². The van der Waals surface area contributed by atoms with Gasteiger partial charge in [0.15, 0.2) is 5.69 Å². The van der Waals surface area contributed by atoms with E-state index in [1.54, 1.807) is 25.1 Å². The molecule has 9 nitrogen and oxygen atoms in total. The minimum atomic E-state index is -1.31. The van der Waals surface area contributed by atoms with E-state index in [4.69, 9.17) is 5.73 Å². The third-order valence-corrected chi connectivity index (χ3v) is 6.13. The molecule has 0 aromatic carbocycles. The molecular weight excluding hydrogens is 423 g/mol. The molecule has 2 atom stereocenters. The molecule has 0 spiro atoms. The van der Waals surface area contributed by atoms with E-state index in [9.17, 15) is 18.8 Å². The highest BCUT2D eigenvalue weighted by Crippen LogP contribution is 2.29. The lowest BCUT2D eigenvalue weighted by atomic mass is 10.2. The molecule has 4 rings (SSSR count). The highest BCUT2D eigenvalue weighted by atomic mass is 32.1. The number of aryl methyl sites for hydroxylation is 2. The van der Waals surface area contributed by atoms with E-state index < -0.39 is 29.9 Å². The van der Waals surface area contributed by atoms with Crippen molar-refractivity contribution >= 4 is 45.1 Å². The van der Waals surface area contributed by atoms with E-state index in [1.807, 2.05) is 13.0 Å². The van der Waals surface area contributed by atoms with Gasteiger partial charge in [-0.25, -0.2) is 9.37 Å². The van der Waals surface area contributed by atoms with Crippen LogP contribution in [-0.4, -0.2) is 56.1 Å². The molecule has 11 heteroatoms. The predicted octanol–water partition coefficient (Wildman–Crippen LogP) is 1.79. The second kappa shape index (κ2) is 8.06. The van der Waals surface area contributed by atoms with Crippen LogP contribution in [0.1, 0.15) is 27.5 Å². The van der Waals surface area contributed by atoms with Crippen molar-refractivity contribution in [1.29, 1.82) is 0 Å². The van der Waals surface area contributed by atoms with Gasteiger partial charge in [-0.2, -0.15) is 5.10 Å². The van der Waals surface area contributed by atoms with E-state index in [1.165, 1.54) is 20.9 Å². The smallest absolute Gasteiger partial charge is 0.270 e. The number of halogens is 1. The number of fused-ring (bicyclic) bond motifs is 1. The highest BCUT2D eigenvalue weighted by molar-refractivity contribution is 7.19. The molecule has 0 saturated carbocycles. The molecule has 0 unspecified atom stereocenters. The fourth-order valence-electron chi connectivity index (χ4n) is 3.71. The summed E-state index contributed by atoms with van der Waals surface area (Å²) in [5.41, 5.74) is 6.82. The zero-order valence-corrected chi connectivity index (χ0v) is 17.8. The number of nitrogens with one attached hydrogen (secondary N) is 1. The van der Waals surface area contributed by atoms with Crippen LogP contribution < -0.4 is 11.1 Å². The molecule has 1 fully saturated rings. The standard InChI is InChI=1S/C20H21FN6O3S/c1-10-4-3-5-15(23-10)24-20(30)14-7-12(21)8-26(14)16(28)9-27-13-6-11(2)31-18(13)17(25-27)19(22)29/h3-6,12,14H,7-9H2,1-2H3,(H2,22,29)(H,23,24,30)/t12-,14+/m1/s1. The van der Waals surface area contributed by atoms with Crippen molar-refractivity contribution in [2.24, 2.45) is 5.73 Å². The summed E-state index contributed by atoms with van der Waals surface area (Å²) in [6, 6.07) is 6.01. The average Bonchev–Trinajstić information content (AvgIpc) is 3.35. The summed E-state index contributed by atoms with van der Waals surface area (Å²) in [4.78, 5) is 43.8. The van der Waals surface area contributed by atoms with Crippen LogP contribution in [0.25, 0.3) is 10.2 Å². The summed E-state index contributed by atoms with van der Waals surface area (Å²) in [6.07, 6.45) is -1.41. The van der Waals surface area contributed by atoms with Gasteiger partial charge >= 0.3 is 0 Å². The van der Waals surface area contributed by atoms with Crippen molar-refractivity contribution in [3.63, 3.8) is 0 Å². The number of amides is 3. The number of carbonyl (C=O) groups excluding carboxylic acids is 3. The van der Waals surface area contributed by atoms with Gasteiger partial charge in [-0.3, -0.25) is 19.1 Å². The van der Waals surface area contributed by atoms with Gasteiger partial charge in [-0.1, -0.05) is 6.07 Å². The molecule has 3 amide bonds. The highest BCUT2D eigenvalue weighted by Gasteiger charge is 2.40. The van der Waals surface area contributed by atoms with Crippen LogP contribution in [0.4, 0.5) is 10.2 Å². The van der Waals surface area contributed by atoms with Crippen LogP contribution in [-0.2, 0) is 16.1 Å². The Kier molecular flexibility index (Phi) is 5.44. The molecular formula is C20H21FN6O3S. The Bertz CT molecular complexity index is 1190. The fourth-order valence-corrected chi connectivity index (χ4v) is 4.71. The molecule has 4 heterocycles. The first-order chi connectivity index (χ1) is 14.7. The molecule has 31 heavy (non-hydrogen) atoms. The van der Waals surface area contributed by atoms with Gasteiger partial charge in [-0.05, 0) is 32.0 Å². The van der Waals surface area contributed by atoms with Crippen molar-refractivity contribution in [1.82, 2.24) is 19.7 Å². The number of nitrogens with two attached hydrogens (primary N) is 1. The number of pyridine rings is 1. The number of hydrogen-bond acceptors (Lipinski definition) is 6. The number of aromatic nitrogens is 3. The van der Waals surface area contributed by atoms with Gasteiger partial charge in [-0.15, -0.1) is 11.3 Å². The molecule has 162 valence electrons. The fraction of sp³-hybridized carbons (Fsp3) is 0.350. The third kappa shape index (κ3) is 4.13. The monoisotopic (exact) mass is 444 g/mol. The molecule has 3 aromatic heterocycles. The predicted molar refractivity (Wildman–Crippen MR) is 113 cm³/mol. The molecule has 3 N–H and O–H groups in total. The molecule has 1 aliphatic heterocycles. The molecule has 1 saturated heterocycles. The number of carbonyl (C=O) groups is 3. The number of anilines is 1.